The summed E-state index contributed by atoms with van der Waals surface area (Å²) < 4.78 is 10.8. The molecule has 2 aliphatic rings. The van der Waals surface area contributed by atoms with Gasteiger partial charge in [-0.3, -0.25) is 4.79 Å². The van der Waals surface area contributed by atoms with Crippen LogP contribution in [0.4, 0.5) is 5.69 Å². The van der Waals surface area contributed by atoms with E-state index < -0.39 is 0 Å². The zero-order valence-electron chi connectivity index (χ0n) is 14.5. The third-order valence-electron chi connectivity index (χ3n) is 4.60. The van der Waals surface area contributed by atoms with Crippen molar-refractivity contribution < 1.29 is 14.3 Å². The van der Waals surface area contributed by atoms with Crippen LogP contribution in [0.25, 0.3) is 6.08 Å². The predicted octanol–water partition coefficient (Wildman–Crippen LogP) is 2.17. The molecule has 5 nitrogen and oxygen atoms in total. The maximum Gasteiger partial charge on any atom is 0.247 e. The Hall–Kier alpha value is -1.85. The van der Waals surface area contributed by atoms with Gasteiger partial charge in [-0.25, -0.2) is 0 Å². The van der Waals surface area contributed by atoms with Crippen molar-refractivity contribution in [3.05, 3.63) is 35.9 Å². The first kappa shape index (κ1) is 17.0. The number of hydrogen-bond donors (Lipinski definition) is 0. The quantitative estimate of drug-likeness (QED) is 0.797. The number of nitrogens with zero attached hydrogens (tertiary/aromatic N) is 2. The highest BCUT2D eigenvalue weighted by Gasteiger charge is 2.32. The minimum absolute atomic E-state index is 0.0422. The third-order valence-corrected chi connectivity index (χ3v) is 4.60. The molecular weight excluding hydrogens is 304 g/mol. The molecule has 0 N–H and O–H groups in total. The lowest BCUT2D eigenvalue weighted by molar-refractivity contribution is -0.140. The molecule has 2 saturated heterocycles. The third kappa shape index (κ3) is 3.97. The van der Waals surface area contributed by atoms with E-state index in [2.05, 4.69) is 29.2 Å². The van der Waals surface area contributed by atoms with E-state index in [4.69, 9.17) is 9.47 Å². The highest BCUT2D eigenvalue weighted by atomic mass is 16.5. The average Bonchev–Trinajstić information content (AvgIpc) is 2.60. The minimum Gasteiger partial charge on any atom is -0.378 e. The number of anilines is 1. The Morgan fingerprint density at radius 3 is 2.38 bits per heavy atom. The topological polar surface area (TPSA) is 42.0 Å². The molecule has 5 heteroatoms. The smallest absolute Gasteiger partial charge is 0.247 e. The van der Waals surface area contributed by atoms with Gasteiger partial charge in [0, 0.05) is 31.4 Å². The Morgan fingerprint density at radius 1 is 1.04 bits per heavy atom. The second-order valence-electron chi connectivity index (χ2n) is 6.88. The van der Waals surface area contributed by atoms with Gasteiger partial charge >= 0.3 is 0 Å². The van der Waals surface area contributed by atoms with E-state index >= 15 is 0 Å². The lowest BCUT2D eigenvalue weighted by Crippen LogP contribution is -2.55. The molecule has 130 valence electrons. The van der Waals surface area contributed by atoms with Crippen LogP contribution in [0.1, 0.15) is 19.4 Å². The van der Waals surface area contributed by atoms with Crippen LogP contribution in [0.15, 0.2) is 30.3 Å². The molecule has 2 heterocycles. The number of benzene rings is 1. The van der Waals surface area contributed by atoms with Gasteiger partial charge in [0.1, 0.15) is 0 Å². The number of rotatable bonds is 3. The van der Waals surface area contributed by atoms with E-state index in [0.29, 0.717) is 19.8 Å². The molecule has 0 bridgehead atoms. The molecule has 1 aromatic carbocycles. The molecule has 2 aliphatic heterocycles. The molecule has 0 aromatic heterocycles. The first-order chi connectivity index (χ1) is 11.6. The summed E-state index contributed by atoms with van der Waals surface area (Å²) in [5, 5.41) is 0. The van der Waals surface area contributed by atoms with Gasteiger partial charge in [0.05, 0.1) is 32.0 Å². The molecule has 24 heavy (non-hydrogen) atoms. The van der Waals surface area contributed by atoms with Crippen molar-refractivity contribution in [1.82, 2.24) is 4.90 Å². The lowest BCUT2D eigenvalue weighted by Gasteiger charge is -2.41. The highest BCUT2D eigenvalue weighted by molar-refractivity contribution is 5.92. The lowest BCUT2D eigenvalue weighted by atomic mass is 10.0. The standard InChI is InChI=1S/C19H26N2O3/c1-19(2)15-24-14-11-21(19)18(22)8-5-16-3-6-17(7-4-16)20-9-12-23-13-10-20/h3-8H,9-15H2,1-2H3. The number of carbonyl (C=O) groups is 1. The number of carbonyl (C=O) groups excluding carboxylic acids is 1. The summed E-state index contributed by atoms with van der Waals surface area (Å²) >= 11 is 0. The van der Waals surface area contributed by atoms with Crippen LogP contribution >= 0.6 is 0 Å². The molecule has 0 atom stereocenters. The van der Waals surface area contributed by atoms with Crippen LogP contribution in [-0.4, -0.2) is 62.4 Å². The second kappa shape index (κ2) is 7.36. The summed E-state index contributed by atoms with van der Waals surface area (Å²) in [4.78, 5) is 16.7. The normalized spacial score (nSPS) is 21.2. The summed E-state index contributed by atoms with van der Waals surface area (Å²) in [7, 11) is 0. The monoisotopic (exact) mass is 330 g/mol. The first-order valence-corrected chi connectivity index (χ1v) is 8.56. The van der Waals surface area contributed by atoms with Crippen molar-refractivity contribution in [3.63, 3.8) is 0 Å². The van der Waals surface area contributed by atoms with E-state index in [9.17, 15) is 4.79 Å². The van der Waals surface area contributed by atoms with E-state index in [0.717, 1.165) is 31.9 Å². The van der Waals surface area contributed by atoms with Gasteiger partial charge in [-0.05, 0) is 37.6 Å². The van der Waals surface area contributed by atoms with Gasteiger partial charge < -0.3 is 19.3 Å². The van der Waals surface area contributed by atoms with Gasteiger partial charge in [-0.2, -0.15) is 0 Å². The van der Waals surface area contributed by atoms with E-state index in [1.807, 2.05) is 24.8 Å². The Bertz CT molecular complexity index is 589. The summed E-state index contributed by atoms with van der Waals surface area (Å²) in [5.74, 6) is 0.0422. The average molecular weight is 330 g/mol. The van der Waals surface area contributed by atoms with Crippen molar-refractivity contribution in [3.8, 4) is 0 Å². The fraction of sp³-hybridized carbons (Fsp3) is 0.526. The zero-order valence-corrected chi connectivity index (χ0v) is 14.5. The maximum atomic E-state index is 12.5. The summed E-state index contributed by atoms with van der Waals surface area (Å²) in [6, 6.07) is 8.32. The molecule has 0 aliphatic carbocycles. The van der Waals surface area contributed by atoms with Crippen molar-refractivity contribution in [1.29, 1.82) is 0 Å². The summed E-state index contributed by atoms with van der Waals surface area (Å²) in [5.41, 5.74) is 1.99. The summed E-state index contributed by atoms with van der Waals surface area (Å²) in [6.07, 6.45) is 3.55. The van der Waals surface area contributed by atoms with Crippen LogP contribution < -0.4 is 4.90 Å². The van der Waals surface area contributed by atoms with Gasteiger partial charge in [0.15, 0.2) is 0 Å². The maximum absolute atomic E-state index is 12.5. The second-order valence-corrected chi connectivity index (χ2v) is 6.88. The molecule has 0 unspecified atom stereocenters. The zero-order chi connectivity index (χ0) is 17.0. The number of amides is 1. The highest BCUT2D eigenvalue weighted by Crippen LogP contribution is 2.20. The van der Waals surface area contributed by atoms with Gasteiger partial charge in [0.25, 0.3) is 0 Å². The Balaban J connectivity index is 1.62. The Morgan fingerprint density at radius 2 is 1.71 bits per heavy atom. The molecule has 3 rings (SSSR count). The largest absolute Gasteiger partial charge is 0.378 e. The SMILES string of the molecule is CC1(C)COCCN1C(=O)C=Cc1ccc(N2CCOCC2)cc1. The molecule has 1 amide bonds. The molecule has 0 spiro atoms. The van der Waals surface area contributed by atoms with Crippen molar-refractivity contribution in [2.75, 3.05) is 51.0 Å². The van der Waals surface area contributed by atoms with Crippen molar-refractivity contribution in [2.24, 2.45) is 0 Å². The van der Waals surface area contributed by atoms with E-state index in [-0.39, 0.29) is 11.4 Å². The molecular formula is C19H26N2O3. The number of ether oxygens (including phenoxy) is 2. The Labute approximate surface area is 143 Å². The fourth-order valence-electron chi connectivity index (χ4n) is 3.14. The Kier molecular flexibility index (Phi) is 5.21. The van der Waals surface area contributed by atoms with Crippen LogP contribution in [-0.2, 0) is 14.3 Å². The van der Waals surface area contributed by atoms with Crippen LogP contribution in [0.3, 0.4) is 0 Å². The van der Waals surface area contributed by atoms with Gasteiger partial charge in [-0.15, -0.1) is 0 Å². The van der Waals surface area contributed by atoms with Gasteiger partial charge in [-0.1, -0.05) is 12.1 Å². The molecule has 2 fully saturated rings. The van der Waals surface area contributed by atoms with Gasteiger partial charge in [0.2, 0.25) is 5.91 Å². The minimum atomic E-state index is -0.250. The van der Waals surface area contributed by atoms with Crippen LogP contribution in [0.5, 0.6) is 0 Å². The fourth-order valence-corrected chi connectivity index (χ4v) is 3.14. The van der Waals surface area contributed by atoms with Crippen molar-refractivity contribution >= 4 is 17.7 Å². The predicted molar refractivity (Wildman–Crippen MR) is 95.1 cm³/mol. The summed E-state index contributed by atoms with van der Waals surface area (Å²) in [6.45, 7) is 9.34. The number of morpholine rings is 2. The van der Waals surface area contributed by atoms with Crippen LogP contribution in [0.2, 0.25) is 0 Å². The van der Waals surface area contributed by atoms with E-state index in [1.165, 1.54) is 5.69 Å². The number of hydrogen-bond acceptors (Lipinski definition) is 4. The molecule has 0 saturated carbocycles. The van der Waals surface area contributed by atoms with Crippen molar-refractivity contribution in [2.45, 2.75) is 19.4 Å². The van der Waals surface area contributed by atoms with E-state index in [1.54, 1.807) is 6.08 Å². The molecule has 1 aromatic rings. The van der Waals surface area contributed by atoms with Crippen LogP contribution in [0, 0.1) is 0 Å². The molecule has 0 radical (unpaired) electrons. The first-order valence-electron chi connectivity index (χ1n) is 8.56.